The summed E-state index contributed by atoms with van der Waals surface area (Å²) >= 11 is 0. The molecule has 0 aromatic carbocycles. The maximum Gasteiger partial charge on any atom is 0.0796 e. The number of aliphatic hydroxyl groups excluding tert-OH is 3. The minimum atomic E-state index is -0.645. The Morgan fingerprint density at radius 1 is 1.50 bits per heavy atom. The smallest absolute Gasteiger partial charge is 0.0796 e. The Morgan fingerprint density at radius 2 is 2.20 bits per heavy atom. The molecule has 0 saturated carbocycles. The van der Waals surface area contributed by atoms with E-state index in [0.29, 0.717) is 18.4 Å². The van der Waals surface area contributed by atoms with Crippen molar-refractivity contribution in [2.45, 2.75) is 25.0 Å². The fourth-order valence-corrected chi connectivity index (χ4v) is 1.10. The molecule has 10 heavy (non-hydrogen) atoms. The fourth-order valence-electron chi connectivity index (χ4n) is 1.10. The van der Waals surface area contributed by atoms with Gasteiger partial charge in [0.2, 0.25) is 0 Å². The lowest BCUT2D eigenvalue weighted by Crippen LogP contribution is -2.25. The van der Waals surface area contributed by atoms with Gasteiger partial charge in [-0.2, -0.15) is 0 Å². The largest absolute Gasteiger partial charge is 0.393 e. The summed E-state index contributed by atoms with van der Waals surface area (Å²) in [7, 11) is 0. The summed E-state index contributed by atoms with van der Waals surface area (Å²) in [5, 5.41) is 26.8. The van der Waals surface area contributed by atoms with Crippen molar-refractivity contribution in [1.82, 2.24) is 0 Å². The molecule has 3 N–H and O–H groups in total. The lowest BCUT2D eigenvalue weighted by atomic mass is 9.95. The predicted molar refractivity (Wildman–Crippen MR) is 36.4 cm³/mol. The van der Waals surface area contributed by atoms with Gasteiger partial charge in [-0.3, -0.25) is 0 Å². The van der Waals surface area contributed by atoms with E-state index >= 15 is 0 Å². The van der Waals surface area contributed by atoms with Crippen LogP contribution < -0.4 is 0 Å². The van der Waals surface area contributed by atoms with Crippen molar-refractivity contribution in [3.63, 3.8) is 0 Å². The van der Waals surface area contributed by atoms with Gasteiger partial charge in [0, 0.05) is 6.42 Å². The highest BCUT2D eigenvalue weighted by Gasteiger charge is 2.19. The first-order valence-electron chi connectivity index (χ1n) is 3.40. The third kappa shape index (κ3) is 1.56. The van der Waals surface area contributed by atoms with Crippen LogP contribution in [0.4, 0.5) is 0 Å². The molecule has 0 aromatic heterocycles. The molecule has 0 amide bonds. The molecule has 0 radical (unpaired) electrons. The minimum Gasteiger partial charge on any atom is -0.393 e. The van der Waals surface area contributed by atoms with Gasteiger partial charge in [0.05, 0.1) is 18.8 Å². The van der Waals surface area contributed by atoms with Gasteiger partial charge < -0.3 is 15.3 Å². The van der Waals surface area contributed by atoms with E-state index in [4.69, 9.17) is 15.3 Å². The number of hydrogen-bond acceptors (Lipinski definition) is 3. The second-order valence-corrected chi connectivity index (χ2v) is 2.58. The number of rotatable bonds is 1. The van der Waals surface area contributed by atoms with Crippen LogP contribution in [-0.4, -0.2) is 34.1 Å². The molecule has 58 valence electrons. The highest BCUT2D eigenvalue weighted by atomic mass is 16.3. The first kappa shape index (κ1) is 7.72. The molecule has 0 bridgehead atoms. The van der Waals surface area contributed by atoms with Crippen LogP contribution in [-0.2, 0) is 0 Å². The molecule has 0 aromatic rings. The van der Waals surface area contributed by atoms with Crippen LogP contribution in [0, 0.1) is 0 Å². The van der Waals surface area contributed by atoms with E-state index in [2.05, 4.69) is 0 Å². The fraction of sp³-hybridized carbons (Fsp3) is 0.714. The van der Waals surface area contributed by atoms with Crippen LogP contribution in [0.5, 0.6) is 0 Å². The Kier molecular flexibility index (Phi) is 2.43. The van der Waals surface area contributed by atoms with Crippen LogP contribution >= 0.6 is 0 Å². The summed E-state index contributed by atoms with van der Waals surface area (Å²) in [6.07, 6.45) is 1.51. The van der Waals surface area contributed by atoms with Gasteiger partial charge in [-0.15, -0.1) is 0 Å². The molecule has 0 fully saturated rings. The van der Waals surface area contributed by atoms with Crippen molar-refractivity contribution < 1.29 is 15.3 Å². The van der Waals surface area contributed by atoms with E-state index < -0.39 is 12.2 Å². The van der Waals surface area contributed by atoms with Crippen LogP contribution in [0.1, 0.15) is 12.8 Å². The van der Waals surface area contributed by atoms with E-state index in [1.165, 1.54) is 0 Å². The summed E-state index contributed by atoms with van der Waals surface area (Å²) in [4.78, 5) is 0. The molecular formula is C7H12O3. The molecule has 2 atom stereocenters. The molecule has 1 aliphatic rings. The van der Waals surface area contributed by atoms with E-state index in [-0.39, 0.29) is 6.61 Å². The minimum absolute atomic E-state index is 0.103. The Bertz CT molecular complexity index is 142. The van der Waals surface area contributed by atoms with E-state index in [0.717, 1.165) is 0 Å². The molecule has 1 rings (SSSR count). The van der Waals surface area contributed by atoms with Crippen LogP contribution in [0.3, 0.4) is 0 Å². The van der Waals surface area contributed by atoms with E-state index in [9.17, 15) is 0 Å². The molecule has 3 heteroatoms. The van der Waals surface area contributed by atoms with Gasteiger partial charge in [-0.05, 0) is 12.0 Å². The Labute approximate surface area is 59.6 Å². The van der Waals surface area contributed by atoms with Crippen LogP contribution in [0.15, 0.2) is 11.6 Å². The van der Waals surface area contributed by atoms with Crippen molar-refractivity contribution in [1.29, 1.82) is 0 Å². The zero-order valence-electron chi connectivity index (χ0n) is 5.70. The molecule has 0 heterocycles. The van der Waals surface area contributed by atoms with Gasteiger partial charge in [-0.25, -0.2) is 0 Å². The first-order chi connectivity index (χ1) is 4.74. The standard InChI is InChI=1S/C7H12O3/c8-4-5-1-2-6(9)3-7(5)10/h1,6-10H,2-4H2/t6-,7+/m1/s1. The zero-order chi connectivity index (χ0) is 7.56. The lowest BCUT2D eigenvalue weighted by molar-refractivity contribution is 0.0831. The molecule has 0 saturated heterocycles. The van der Waals surface area contributed by atoms with Crippen molar-refractivity contribution in [2.75, 3.05) is 6.61 Å². The molecule has 0 aliphatic heterocycles. The normalized spacial score (nSPS) is 33.7. The maximum atomic E-state index is 9.15. The maximum absolute atomic E-state index is 9.15. The topological polar surface area (TPSA) is 60.7 Å². The van der Waals surface area contributed by atoms with Crippen molar-refractivity contribution in [3.05, 3.63) is 11.6 Å². The molecular weight excluding hydrogens is 132 g/mol. The van der Waals surface area contributed by atoms with Crippen molar-refractivity contribution in [2.24, 2.45) is 0 Å². The van der Waals surface area contributed by atoms with Crippen molar-refractivity contribution in [3.8, 4) is 0 Å². The van der Waals surface area contributed by atoms with Gasteiger partial charge in [0.15, 0.2) is 0 Å². The Balaban J connectivity index is 2.57. The highest BCUT2D eigenvalue weighted by molar-refractivity contribution is 5.12. The Hall–Kier alpha value is -0.380. The van der Waals surface area contributed by atoms with Gasteiger partial charge in [0.1, 0.15) is 0 Å². The predicted octanol–water partition coefficient (Wildman–Crippen LogP) is -0.579. The zero-order valence-corrected chi connectivity index (χ0v) is 5.70. The number of hydrogen-bond donors (Lipinski definition) is 3. The van der Waals surface area contributed by atoms with Crippen LogP contribution in [0.2, 0.25) is 0 Å². The first-order valence-corrected chi connectivity index (χ1v) is 3.40. The summed E-state index contributed by atoms with van der Waals surface area (Å²) < 4.78 is 0. The molecule has 1 aliphatic carbocycles. The monoisotopic (exact) mass is 144 g/mol. The SMILES string of the molecule is OCC1=CC[C@@H](O)C[C@@H]1O. The van der Waals surface area contributed by atoms with Crippen LogP contribution in [0.25, 0.3) is 0 Å². The van der Waals surface area contributed by atoms with E-state index in [1.807, 2.05) is 0 Å². The summed E-state index contributed by atoms with van der Waals surface area (Å²) in [5.74, 6) is 0. The molecule has 3 nitrogen and oxygen atoms in total. The third-order valence-corrected chi connectivity index (χ3v) is 1.76. The molecule has 0 spiro atoms. The average Bonchev–Trinajstić information content (AvgIpc) is 1.88. The molecule has 0 unspecified atom stereocenters. The lowest BCUT2D eigenvalue weighted by Gasteiger charge is -2.21. The second-order valence-electron chi connectivity index (χ2n) is 2.58. The van der Waals surface area contributed by atoms with E-state index in [1.54, 1.807) is 6.08 Å². The second kappa shape index (κ2) is 3.14. The van der Waals surface area contributed by atoms with Gasteiger partial charge >= 0.3 is 0 Å². The number of aliphatic hydroxyl groups is 3. The quantitative estimate of drug-likeness (QED) is 0.431. The highest BCUT2D eigenvalue weighted by Crippen LogP contribution is 2.17. The van der Waals surface area contributed by atoms with Gasteiger partial charge in [-0.1, -0.05) is 6.08 Å². The van der Waals surface area contributed by atoms with Crippen molar-refractivity contribution >= 4 is 0 Å². The summed E-state index contributed by atoms with van der Waals surface area (Å²) in [6.45, 7) is -0.103. The summed E-state index contributed by atoms with van der Waals surface area (Å²) in [5.41, 5.74) is 0.630. The third-order valence-electron chi connectivity index (χ3n) is 1.76. The average molecular weight is 144 g/mol. The Morgan fingerprint density at radius 3 is 2.70 bits per heavy atom. The summed E-state index contributed by atoms with van der Waals surface area (Å²) in [6, 6.07) is 0. The van der Waals surface area contributed by atoms with Gasteiger partial charge in [0.25, 0.3) is 0 Å².